The van der Waals surface area contributed by atoms with Crippen molar-refractivity contribution in [3.05, 3.63) is 187 Å². The van der Waals surface area contributed by atoms with Crippen LogP contribution in [-0.4, -0.2) is 27.9 Å². The number of rotatable bonds is 4. The maximum Gasteiger partial charge on any atom is 0.353 e. The average molecular weight is 611 g/mol. The number of hydrogen-bond donors (Lipinski definition) is 0. The van der Waals surface area contributed by atoms with Crippen LogP contribution in [0.3, 0.4) is 0 Å². The van der Waals surface area contributed by atoms with Gasteiger partial charge in [-0.1, -0.05) is 109 Å². The molecular formula is C36H30N6O4. The molecule has 2 aliphatic rings. The predicted octanol–water partition coefficient (Wildman–Crippen LogP) is 4.02. The molecule has 0 N–H and O–H groups in total. The summed E-state index contributed by atoms with van der Waals surface area (Å²) in [5.74, 6) is 0. The zero-order valence-corrected chi connectivity index (χ0v) is 25.0. The van der Waals surface area contributed by atoms with Gasteiger partial charge in [-0.2, -0.15) is 0 Å². The molecule has 0 fully saturated rings. The first-order valence-electron chi connectivity index (χ1n) is 15.3. The molecule has 4 heterocycles. The Hall–Kier alpha value is -5.90. The van der Waals surface area contributed by atoms with Crippen LogP contribution >= 0.6 is 0 Å². The van der Waals surface area contributed by atoms with E-state index >= 15 is 0 Å². The minimum Gasteiger partial charge on any atom is -0.245 e. The number of fused-ring (bicyclic) bond motifs is 5. The van der Waals surface area contributed by atoms with Crippen molar-refractivity contribution in [3.63, 3.8) is 0 Å². The van der Waals surface area contributed by atoms with E-state index in [1.807, 2.05) is 91.9 Å². The smallest absolute Gasteiger partial charge is 0.245 e. The standard InChI is InChI=1S/C36H30N6O4/c1-25-22-23-30-31(41-34(45)37(33(44)40(30)41)28-18-10-4-11-19-28)24-36(26-14-6-2-7-15-26,27-16-8-3-9-17-27)42-35(46)38(32(43)39(25)42)29-20-12-5-13-21-29/h2-23,25,30-31H,24H2,1H3/b23-22-. The molecule has 0 saturated carbocycles. The van der Waals surface area contributed by atoms with Crippen molar-refractivity contribution in [2.24, 2.45) is 0 Å². The number of benzene rings is 4. The Morgan fingerprint density at radius 2 is 0.957 bits per heavy atom. The molecule has 0 bridgehead atoms. The van der Waals surface area contributed by atoms with Gasteiger partial charge in [-0.25, -0.2) is 47.0 Å². The van der Waals surface area contributed by atoms with E-state index in [9.17, 15) is 19.2 Å². The van der Waals surface area contributed by atoms with Crippen LogP contribution in [0.15, 0.2) is 153 Å². The van der Waals surface area contributed by atoms with Crippen LogP contribution < -0.4 is 22.8 Å². The molecule has 0 saturated heterocycles. The van der Waals surface area contributed by atoms with Crippen molar-refractivity contribution >= 4 is 0 Å². The number of nitrogens with zero attached hydrogens (tertiary/aromatic N) is 6. The first kappa shape index (κ1) is 27.6. The average Bonchev–Trinajstić information content (AvgIpc) is 3.49. The monoisotopic (exact) mass is 610 g/mol. The molecule has 0 amide bonds. The minimum absolute atomic E-state index is 0.207. The maximum atomic E-state index is 14.8. The van der Waals surface area contributed by atoms with E-state index < -0.39 is 46.4 Å². The van der Waals surface area contributed by atoms with Gasteiger partial charge in [0.25, 0.3) is 0 Å². The fourth-order valence-electron chi connectivity index (χ4n) is 7.27. The summed E-state index contributed by atoms with van der Waals surface area (Å²) in [6, 6.07) is 35.4. The topological polar surface area (TPSA) is 97.9 Å². The zero-order chi connectivity index (χ0) is 31.6. The van der Waals surface area contributed by atoms with Gasteiger partial charge in [0.2, 0.25) is 0 Å². The van der Waals surface area contributed by atoms with Crippen LogP contribution in [0, 0.1) is 0 Å². The van der Waals surface area contributed by atoms with Crippen LogP contribution in [0.1, 0.15) is 42.6 Å². The molecule has 228 valence electrons. The Morgan fingerprint density at radius 3 is 1.48 bits per heavy atom. The van der Waals surface area contributed by atoms with Gasteiger partial charge in [0.1, 0.15) is 5.54 Å². The maximum absolute atomic E-state index is 14.8. The van der Waals surface area contributed by atoms with E-state index in [4.69, 9.17) is 0 Å². The Kier molecular flexibility index (Phi) is 6.21. The fourth-order valence-corrected chi connectivity index (χ4v) is 7.27. The summed E-state index contributed by atoms with van der Waals surface area (Å²) < 4.78 is 8.47. The molecule has 10 heteroatoms. The van der Waals surface area contributed by atoms with Crippen molar-refractivity contribution in [2.45, 2.75) is 37.0 Å². The number of aromatic nitrogens is 6. The van der Waals surface area contributed by atoms with Gasteiger partial charge in [0, 0.05) is 6.42 Å². The van der Waals surface area contributed by atoms with E-state index in [0.29, 0.717) is 11.4 Å². The van der Waals surface area contributed by atoms with Crippen molar-refractivity contribution in [1.29, 1.82) is 0 Å². The lowest BCUT2D eigenvalue weighted by Gasteiger charge is -2.44. The molecule has 2 aromatic heterocycles. The highest BCUT2D eigenvalue weighted by Crippen LogP contribution is 2.47. The molecule has 6 aromatic rings. The summed E-state index contributed by atoms with van der Waals surface area (Å²) in [4.78, 5) is 57.1. The lowest BCUT2D eigenvalue weighted by atomic mass is 9.76. The Bertz CT molecular complexity index is 2300. The summed E-state index contributed by atoms with van der Waals surface area (Å²) in [5.41, 5.74) is -0.663. The lowest BCUT2D eigenvalue weighted by Crippen LogP contribution is -2.53. The van der Waals surface area contributed by atoms with Crippen molar-refractivity contribution in [3.8, 4) is 11.4 Å². The van der Waals surface area contributed by atoms with Crippen LogP contribution in [0.5, 0.6) is 0 Å². The van der Waals surface area contributed by atoms with Crippen molar-refractivity contribution in [2.75, 3.05) is 0 Å². The first-order valence-corrected chi connectivity index (χ1v) is 15.3. The Morgan fingerprint density at radius 1 is 0.522 bits per heavy atom. The van der Waals surface area contributed by atoms with Crippen molar-refractivity contribution < 1.29 is 0 Å². The molecule has 3 unspecified atom stereocenters. The summed E-state index contributed by atoms with van der Waals surface area (Å²) in [6.07, 6.45) is 3.94. The number of para-hydroxylation sites is 2. The van der Waals surface area contributed by atoms with Gasteiger partial charge in [-0.05, 0) is 42.3 Å². The predicted molar refractivity (Wildman–Crippen MR) is 174 cm³/mol. The first-order chi connectivity index (χ1) is 22.4. The molecule has 0 spiro atoms. The van der Waals surface area contributed by atoms with Crippen LogP contribution in [0.2, 0.25) is 0 Å². The SMILES string of the molecule is CC1/C=C\C2C(CC(c3ccccc3)(c3ccccc3)n3c(=O)n(-c4ccccc4)c(=O)n31)n1c(=O)n(-c3ccccc3)c(=O)n12. The number of hydrogen-bond acceptors (Lipinski definition) is 4. The van der Waals surface area contributed by atoms with E-state index in [0.717, 1.165) is 11.1 Å². The van der Waals surface area contributed by atoms with E-state index in [-0.39, 0.29) is 6.42 Å². The Balaban J connectivity index is 1.48. The third kappa shape index (κ3) is 3.76. The second-order valence-corrected chi connectivity index (χ2v) is 11.8. The lowest BCUT2D eigenvalue weighted by molar-refractivity contribution is 0.113. The largest absolute Gasteiger partial charge is 0.353 e. The summed E-state index contributed by atoms with van der Waals surface area (Å²) in [5, 5.41) is 0. The molecule has 2 aliphatic heterocycles. The van der Waals surface area contributed by atoms with Gasteiger partial charge in [-0.15, -0.1) is 0 Å². The van der Waals surface area contributed by atoms with E-state index in [1.165, 1.54) is 23.2 Å². The second kappa shape index (κ2) is 10.3. The third-order valence-electron chi connectivity index (χ3n) is 9.34. The molecule has 8 rings (SSSR count). The van der Waals surface area contributed by atoms with E-state index in [1.54, 1.807) is 53.2 Å². The molecule has 10 nitrogen and oxygen atoms in total. The van der Waals surface area contributed by atoms with E-state index in [2.05, 4.69) is 0 Å². The quantitative estimate of drug-likeness (QED) is 0.282. The fraction of sp³-hybridized carbons (Fsp3) is 0.167. The molecular weight excluding hydrogens is 580 g/mol. The summed E-state index contributed by atoms with van der Waals surface area (Å²) >= 11 is 0. The summed E-state index contributed by atoms with van der Waals surface area (Å²) in [6.45, 7) is 1.86. The normalized spacial score (nSPS) is 20.2. The van der Waals surface area contributed by atoms with Crippen LogP contribution in [0.4, 0.5) is 0 Å². The third-order valence-corrected chi connectivity index (χ3v) is 9.34. The second-order valence-electron chi connectivity index (χ2n) is 11.8. The molecule has 46 heavy (non-hydrogen) atoms. The highest BCUT2D eigenvalue weighted by molar-refractivity contribution is 5.41. The van der Waals surface area contributed by atoms with Gasteiger partial charge in [0.15, 0.2) is 0 Å². The van der Waals surface area contributed by atoms with Crippen molar-refractivity contribution in [1.82, 2.24) is 27.9 Å². The zero-order valence-electron chi connectivity index (χ0n) is 25.0. The highest BCUT2D eigenvalue weighted by Gasteiger charge is 2.51. The van der Waals surface area contributed by atoms with Crippen LogP contribution in [-0.2, 0) is 5.54 Å². The van der Waals surface area contributed by atoms with Crippen LogP contribution in [0.25, 0.3) is 11.4 Å². The minimum atomic E-state index is -1.25. The van der Waals surface area contributed by atoms with Gasteiger partial charge >= 0.3 is 22.8 Å². The number of allylic oxidation sites excluding steroid dienone is 2. The molecule has 3 atom stereocenters. The molecule has 4 aromatic carbocycles. The molecule has 0 aliphatic carbocycles. The highest BCUT2D eigenvalue weighted by atomic mass is 16.2. The van der Waals surface area contributed by atoms with Gasteiger partial charge < -0.3 is 0 Å². The molecule has 0 radical (unpaired) electrons. The summed E-state index contributed by atoms with van der Waals surface area (Å²) in [7, 11) is 0. The van der Waals surface area contributed by atoms with Gasteiger partial charge in [-0.3, -0.25) is 0 Å². The Labute approximate surface area is 262 Å². The van der Waals surface area contributed by atoms with Gasteiger partial charge in [0.05, 0.1) is 29.5 Å².